The van der Waals surface area contributed by atoms with Crippen molar-refractivity contribution >= 4 is 0 Å². The van der Waals surface area contributed by atoms with Gasteiger partial charge in [0, 0.05) is 0 Å². The number of hydrogen-bond donors (Lipinski definition) is 0. The summed E-state index contributed by atoms with van der Waals surface area (Å²) in [6, 6.07) is 0. The average molecular weight is 806 g/mol. The van der Waals surface area contributed by atoms with E-state index in [0.29, 0.717) is 0 Å². The van der Waals surface area contributed by atoms with Crippen molar-refractivity contribution in [3.63, 3.8) is 0 Å². The van der Waals surface area contributed by atoms with Crippen molar-refractivity contribution in [1.29, 1.82) is 0 Å². The second kappa shape index (κ2) is 39.6. The van der Waals surface area contributed by atoms with Crippen LogP contribution in [-0.2, 0) is 52.4 Å². The Labute approximate surface area is 339 Å². The summed E-state index contributed by atoms with van der Waals surface area (Å²) in [6.07, 6.45) is 31.7. The van der Waals surface area contributed by atoms with Crippen LogP contribution < -0.4 is 0 Å². The van der Waals surface area contributed by atoms with Gasteiger partial charge in [-0.1, -0.05) is 145 Å². The number of rotatable bonds is 2. The molecule has 0 nitrogen and oxygen atoms in total. The van der Waals surface area contributed by atoms with Crippen molar-refractivity contribution in [3.05, 3.63) is 59.4 Å². The maximum atomic E-state index is 2.46. The van der Waals surface area contributed by atoms with Gasteiger partial charge < -0.3 is 59.4 Å². The van der Waals surface area contributed by atoms with Gasteiger partial charge in [-0.2, -0.15) is 0 Å². The topological polar surface area (TPSA) is 0 Å². The summed E-state index contributed by atoms with van der Waals surface area (Å²) in [7, 11) is 0. The SMILES string of the molecule is C.CC1CC(C)C2CCCCC12.CC1CCC2CCCCC12.CC1CCCC1.CCCC1CCCC1.[CH3-].[CH3-].[CH3-].[CH3-].[CH3-].[CH3-].[CH3-].[CH3-].[Zr+4].[Zr+4]. The van der Waals surface area contributed by atoms with Crippen LogP contribution in [0.4, 0.5) is 0 Å². The van der Waals surface area contributed by atoms with Crippen molar-refractivity contribution in [2.75, 3.05) is 0 Å². The molecule has 6 rings (SSSR count). The Morgan fingerprint density at radius 1 is 0.413 bits per heavy atom. The standard InChI is InChI=1S/C11H20.C10H18.C8H16.C6H12.CH4.8CH3.2Zr/c1-8-7-9(2)11-6-4-3-5-10(8)11;1-8-6-7-9-4-2-3-5-10(8)9;1-2-5-8-6-3-4-7-8;1-6-4-2-3-5-6;;;;;;;;;;;/h8-11H,3-7H2,1-2H3;8-10H,2-7H2,1H3;8H,2-7H2,1H3;6H,2-5H2,1H3;1H4;8*1H3;;/q;;;;;8*-1;2*+4. The summed E-state index contributed by atoms with van der Waals surface area (Å²) in [5.41, 5.74) is 0. The van der Waals surface area contributed by atoms with Gasteiger partial charge in [-0.25, -0.2) is 0 Å². The maximum Gasteiger partial charge on any atom is 4.00 e. The van der Waals surface area contributed by atoms with Gasteiger partial charge in [0.25, 0.3) is 0 Å². The number of fused-ring (bicyclic) bond motifs is 2. The van der Waals surface area contributed by atoms with Gasteiger partial charge in [-0.05, 0) is 85.4 Å². The molecular weight excluding hydrogens is 711 g/mol. The summed E-state index contributed by atoms with van der Waals surface area (Å²) < 4.78 is 0. The Morgan fingerprint density at radius 3 is 1.15 bits per heavy atom. The minimum atomic E-state index is 0. The molecule has 7 unspecified atom stereocenters. The van der Waals surface area contributed by atoms with E-state index in [1.165, 1.54) is 116 Å². The van der Waals surface area contributed by atoms with Crippen LogP contribution in [0.25, 0.3) is 0 Å². The zero-order valence-electron chi connectivity index (χ0n) is 34.0. The largest absolute Gasteiger partial charge is 4.00 e. The van der Waals surface area contributed by atoms with Gasteiger partial charge in [0.2, 0.25) is 0 Å². The first-order chi connectivity index (χ1) is 17.0. The van der Waals surface area contributed by atoms with E-state index in [0.717, 1.165) is 53.3 Å². The molecule has 6 fully saturated rings. The Morgan fingerprint density at radius 2 is 0.783 bits per heavy atom. The first kappa shape index (κ1) is 69.5. The van der Waals surface area contributed by atoms with E-state index in [-0.39, 0.29) is 119 Å². The summed E-state index contributed by atoms with van der Waals surface area (Å²) in [6.45, 7) is 12.0. The minimum Gasteiger partial charge on any atom is -0.358 e. The molecule has 46 heavy (non-hydrogen) atoms. The molecule has 6 aliphatic carbocycles. The van der Waals surface area contributed by atoms with E-state index >= 15 is 0 Å². The van der Waals surface area contributed by atoms with Crippen molar-refractivity contribution in [1.82, 2.24) is 0 Å². The van der Waals surface area contributed by atoms with E-state index in [1.807, 2.05) is 0 Å². The van der Waals surface area contributed by atoms with Crippen LogP contribution in [0.1, 0.15) is 177 Å². The molecule has 0 aliphatic heterocycles. The molecule has 0 aromatic heterocycles. The molecule has 0 aromatic carbocycles. The summed E-state index contributed by atoms with van der Waals surface area (Å²) in [4.78, 5) is 0. The van der Waals surface area contributed by atoms with Crippen LogP contribution in [-0.4, -0.2) is 0 Å². The normalized spacial score (nSPS) is 29.5. The third kappa shape index (κ3) is 24.0. The van der Waals surface area contributed by atoms with Crippen molar-refractivity contribution in [2.45, 2.75) is 177 Å². The van der Waals surface area contributed by atoms with Crippen LogP contribution in [0, 0.1) is 113 Å². The molecule has 278 valence electrons. The molecular formula is C44H94Zr2. The zero-order chi connectivity index (χ0) is 25.0. The fourth-order valence-corrected chi connectivity index (χ4v) is 9.41. The smallest absolute Gasteiger partial charge is 0.358 e. The fourth-order valence-electron chi connectivity index (χ4n) is 9.41. The van der Waals surface area contributed by atoms with Crippen LogP contribution >= 0.6 is 0 Å². The van der Waals surface area contributed by atoms with E-state index in [1.54, 1.807) is 19.3 Å². The van der Waals surface area contributed by atoms with Gasteiger partial charge in [0.1, 0.15) is 0 Å². The molecule has 0 aromatic rings. The molecule has 0 bridgehead atoms. The monoisotopic (exact) mass is 803 g/mol. The molecule has 6 aliphatic rings. The maximum absolute atomic E-state index is 2.46. The van der Waals surface area contributed by atoms with Crippen LogP contribution in [0.5, 0.6) is 0 Å². The van der Waals surface area contributed by atoms with Gasteiger partial charge in [0.15, 0.2) is 0 Å². The van der Waals surface area contributed by atoms with Crippen molar-refractivity contribution in [3.8, 4) is 0 Å². The first-order valence-corrected chi connectivity index (χ1v) is 17.0. The second-order valence-corrected chi connectivity index (χ2v) is 14.4. The predicted molar refractivity (Wildman–Crippen MR) is 215 cm³/mol. The Bertz CT molecular complexity index is 518. The summed E-state index contributed by atoms with van der Waals surface area (Å²) in [5.74, 6) is 9.79. The molecule has 0 saturated heterocycles. The van der Waals surface area contributed by atoms with E-state index in [9.17, 15) is 0 Å². The van der Waals surface area contributed by atoms with Gasteiger partial charge in [-0.3, -0.25) is 0 Å². The third-order valence-electron chi connectivity index (χ3n) is 11.6. The van der Waals surface area contributed by atoms with Gasteiger partial charge in [-0.15, -0.1) is 0 Å². The van der Waals surface area contributed by atoms with Crippen molar-refractivity contribution in [2.24, 2.45) is 53.3 Å². The Hall–Kier alpha value is 1.77. The molecule has 2 heteroatoms. The first-order valence-electron chi connectivity index (χ1n) is 17.0. The Kier molecular flexibility index (Phi) is 59.8. The van der Waals surface area contributed by atoms with Crippen LogP contribution in [0.3, 0.4) is 0 Å². The molecule has 0 radical (unpaired) electrons. The minimum absolute atomic E-state index is 0. The Balaban J connectivity index is -0.0000000533. The molecule has 0 N–H and O–H groups in total. The summed E-state index contributed by atoms with van der Waals surface area (Å²) in [5, 5.41) is 0. The van der Waals surface area contributed by atoms with E-state index in [4.69, 9.17) is 0 Å². The molecule has 7 atom stereocenters. The van der Waals surface area contributed by atoms with Crippen LogP contribution in [0.15, 0.2) is 0 Å². The zero-order valence-corrected chi connectivity index (χ0v) is 39.0. The van der Waals surface area contributed by atoms with E-state index < -0.39 is 0 Å². The average Bonchev–Trinajstić information content (AvgIpc) is 3.68. The van der Waals surface area contributed by atoms with Gasteiger partial charge >= 0.3 is 52.4 Å². The van der Waals surface area contributed by atoms with Gasteiger partial charge in [0.05, 0.1) is 0 Å². The predicted octanol–water partition coefficient (Wildman–Crippen LogP) is 16.1. The number of hydrogen-bond acceptors (Lipinski definition) is 0. The molecule has 0 amide bonds. The molecule has 6 saturated carbocycles. The quantitative estimate of drug-likeness (QED) is 0.244. The summed E-state index contributed by atoms with van der Waals surface area (Å²) >= 11 is 0. The van der Waals surface area contributed by atoms with Crippen molar-refractivity contribution < 1.29 is 52.4 Å². The molecule has 0 spiro atoms. The van der Waals surface area contributed by atoms with Crippen LogP contribution in [0.2, 0.25) is 0 Å². The molecule has 0 heterocycles. The second-order valence-electron chi connectivity index (χ2n) is 14.4. The van der Waals surface area contributed by atoms with E-state index in [2.05, 4.69) is 34.6 Å². The fraction of sp³-hybridized carbons (Fsp3) is 0.818. The third-order valence-corrected chi connectivity index (χ3v) is 11.6.